The lowest BCUT2D eigenvalue weighted by Crippen LogP contribution is -1.84. The number of hydrogen-bond acceptors (Lipinski definition) is 3. The van der Waals surface area contributed by atoms with E-state index in [9.17, 15) is 0 Å². The van der Waals surface area contributed by atoms with Crippen LogP contribution in [0.5, 0.6) is 5.75 Å². The molecule has 0 fully saturated rings. The van der Waals surface area contributed by atoms with Crippen molar-refractivity contribution in [2.75, 3.05) is 5.73 Å². The van der Waals surface area contributed by atoms with Gasteiger partial charge in [-0.05, 0) is 6.07 Å². The Labute approximate surface area is 71.1 Å². The van der Waals surface area contributed by atoms with Gasteiger partial charge < -0.3 is 10.8 Å². The summed E-state index contributed by atoms with van der Waals surface area (Å²) in [4.78, 5) is 3.62. The van der Waals surface area contributed by atoms with Gasteiger partial charge >= 0.3 is 0 Å². The van der Waals surface area contributed by atoms with E-state index in [-0.39, 0.29) is 30.6 Å². The second-order valence-corrected chi connectivity index (χ2v) is 1.43. The Morgan fingerprint density at radius 3 is 2.30 bits per heavy atom. The average Bonchev–Trinajstić information content (AvgIpc) is 1.77. The van der Waals surface area contributed by atoms with Gasteiger partial charge in [-0.2, -0.15) is 0 Å². The molecule has 0 saturated heterocycles. The molecule has 0 bridgehead atoms. The van der Waals surface area contributed by atoms with Crippen molar-refractivity contribution < 1.29 is 5.11 Å². The number of halogens is 2. The Hall–Kier alpha value is -0.670. The summed E-state index contributed by atoms with van der Waals surface area (Å²) in [5.74, 6) is 0.0347. The topological polar surface area (TPSA) is 59.1 Å². The summed E-state index contributed by atoms with van der Waals surface area (Å²) in [6, 6.07) is 1.54. The van der Waals surface area contributed by atoms with E-state index in [1.807, 2.05) is 0 Å². The lowest BCUT2D eigenvalue weighted by Gasteiger charge is -1.91. The minimum Gasteiger partial charge on any atom is -0.504 e. The van der Waals surface area contributed by atoms with Crippen LogP contribution in [-0.4, -0.2) is 10.1 Å². The molecule has 10 heavy (non-hydrogen) atoms. The Morgan fingerprint density at radius 2 is 2.00 bits per heavy atom. The van der Waals surface area contributed by atoms with Gasteiger partial charge in [0.05, 0.1) is 11.9 Å². The van der Waals surface area contributed by atoms with Crippen molar-refractivity contribution in [2.45, 2.75) is 0 Å². The third-order valence-corrected chi connectivity index (χ3v) is 0.833. The van der Waals surface area contributed by atoms with Crippen molar-refractivity contribution in [3.8, 4) is 5.75 Å². The summed E-state index contributed by atoms with van der Waals surface area (Å²) < 4.78 is 0. The Morgan fingerprint density at radius 1 is 1.40 bits per heavy atom. The van der Waals surface area contributed by atoms with E-state index in [4.69, 9.17) is 10.8 Å². The Bertz CT molecular complexity index is 174. The predicted molar refractivity (Wildman–Crippen MR) is 44.8 cm³/mol. The van der Waals surface area contributed by atoms with E-state index in [0.717, 1.165) is 0 Å². The molecule has 0 unspecified atom stereocenters. The highest BCUT2D eigenvalue weighted by molar-refractivity contribution is 5.85. The largest absolute Gasteiger partial charge is 0.504 e. The maximum absolute atomic E-state index is 8.73. The third-order valence-electron chi connectivity index (χ3n) is 0.833. The third kappa shape index (κ3) is 2.75. The summed E-state index contributed by atoms with van der Waals surface area (Å²) in [6.07, 6.45) is 2.82. The van der Waals surface area contributed by atoms with E-state index in [1.165, 1.54) is 18.5 Å². The number of nitrogen functional groups attached to an aromatic ring is 1. The van der Waals surface area contributed by atoms with Crippen LogP contribution in [0.2, 0.25) is 0 Å². The van der Waals surface area contributed by atoms with Crippen LogP contribution in [0.4, 0.5) is 5.69 Å². The molecule has 0 aliphatic rings. The van der Waals surface area contributed by atoms with Crippen LogP contribution in [0.15, 0.2) is 18.5 Å². The molecule has 0 spiro atoms. The zero-order valence-corrected chi connectivity index (χ0v) is 6.65. The number of pyridine rings is 1. The summed E-state index contributed by atoms with van der Waals surface area (Å²) in [5.41, 5.74) is 5.59. The molecule has 0 amide bonds. The van der Waals surface area contributed by atoms with E-state index in [0.29, 0.717) is 5.69 Å². The second kappa shape index (κ2) is 5.14. The van der Waals surface area contributed by atoms with Crippen LogP contribution in [-0.2, 0) is 0 Å². The number of rotatable bonds is 0. The summed E-state index contributed by atoms with van der Waals surface area (Å²) >= 11 is 0. The Kier molecular flexibility index (Phi) is 6.20. The first-order valence-corrected chi connectivity index (χ1v) is 2.19. The van der Waals surface area contributed by atoms with Gasteiger partial charge in [0.25, 0.3) is 0 Å². The van der Waals surface area contributed by atoms with Gasteiger partial charge in [-0.25, -0.2) is 0 Å². The Balaban J connectivity index is 0. The minimum absolute atomic E-state index is 0. The monoisotopic (exact) mass is 182 g/mol. The quantitative estimate of drug-likeness (QED) is 0.635. The zero-order valence-electron chi connectivity index (χ0n) is 5.02. The first-order valence-electron chi connectivity index (χ1n) is 2.19. The summed E-state index contributed by atoms with van der Waals surface area (Å²) in [5, 5.41) is 8.73. The molecule has 1 heterocycles. The molecular weight excluding hydrogens is 175 g/mol. The molecule has 0 saturated carbocycles. The number of nitrogens with two attached hydrogens (primary N) is 1. The van der Waals surface area contributed by atoms with Crippen molar-refractivity contribution in [1.29, 1.82) is 0 Å². The van der Waals surface area contributed by atoms with Gasteiger partial charge in [0.2, 0.25) is 0 Å². The fraction of sp³-hybridized carbons (Fsp3) is 0. The predicted octanol–water partition coefficient (Wildman–Crippen LogP) is 1.21. The molecule has 3 N–H and O–H groups in total. The van der Waals surface area contributed by atoms with Crippen molar-refractivity contribution in [3.63, 3.8) is 0 Å². The molecule has 3 nitrogen and oxygen atoms in total. The zero-order chi connectivity index (χ0) is 5.98. The summed E-state index contributed by atoms with van der Waals surface area (Å²) in [7, 11) is 0. The maximum Gasteiger partial charge on any atom is 0.156 e. The van der Waals surface area contributed by atoms with Gasteiger partial charge in [0, 0.05) is 6.20 Å². The van der Waals surface area contributed by atoms with Gasteiger partial charge in [0.15, 0.2) is 5.75 Å². The lowest BCUT2D eigenvalue weighted by molar-refractivity contribution is 0.475. The van der Waals surface area contributed by atoms with Gasteiger partial charge in [0.1, 0.15) is 0 Å². The molecule has 0 radical (unpaired) electrons. The highest BCUT2D eigenvalue weighted by Crippen LogP contribution is 2.14. The average molecular weight is 183 g/mol. The van der Waals surface area contributed by atoms with Gasteiger partial charge in [-0.15, -0.1) is 24.8 Å². The number of hydrogen-bond donors (Lipinski definition) is 2. The lowest BCUT2D eigenvalue weighted by atomic mass is 10.4. The minimum atomic E-state index is 0. The van der Waals surface area contributed by atoms with Gasteiger partial charge in [-0.1, -0.05) is 0 Å². The highest BCUT2D eigenvalue weighted by Gasteiger charge is 1.89. The number of aromatic hydroxyl groups is 1. The normalized spacial score (nSPS) is 7.20. The highest BCUT2D eigenvalue weighted by atomic mass is 35.5. The molecule has 58 valence electrons. The molecule has 1 aromatic heterocycles. The smallest absolute Gasteiger partial charge is 0.156 e. The molecule has 1 aromatic rings. The van der Waals surface area contributed by atoms with Gasteiger partial charge in [-0.3, -0.25) is 4.98 Å². The second-order valence-electron chi connectivity index (χ2n) is 1.43. The van der Waals surface area contributed by atoms with Crippen molar-refractivity contribution >= 4 is 30.5 Å². The van der Waals surface area contributed by atoms with Crippen LogP contribution in [0, 0.1) is 0 Å². The van der Waals surface area contributed by atoms with Crippen LogP contribution in [0.3, 0.4) is 0 Å². The molecule has 5 heteroatoms. The first kappa shape index (κ1) is 12.0. The molecule has 0 atom stereocenters. The van der Waals surface area contributed by atoms with Crippen molar-refractivity contribution in [1.82, 2.24) is 4.98 Å². The molecule has 1 rings (SSSR count). The first-order chi connectivity index (χ1) is 3.80. The van der Waals surface area contributed by atoms with Crippen LogP contribution < -0.4 is 5.73 Å². The van der Waals surface area contributed by atoms with E-state index in [2.05, 4.69) is 4.98 Å². The number of anilines is 1. The van der Waals surface area contributed by atoms with Crippen LogP contribution >= 0.6 is 24.8 Å². The summed E-state index contributed by atoms with van der Waals surface area (Å²) in [6.45, 7) is 0. The van der Waals surface area contributed by atoms with E-state index in [1.54, 1.807) is 0 Å². The number of aromatic nitrogens is 1. The van der Waals surface area contributed by atoms with Crippen LogP contribution in [0.25, 0.3) is 0 Å². The molecular formula is C5H8Cl2N2O. The molecule has 0 aliphatic carbocycles. The number of nitrogens with zero attached hydrogens (tertiary/aromatic N) is 1. The van der Waals surface area contributed by atoms with Crippen molar-refractivity contribution in [2.24, 2.45) is 0 Å². The molecule has 0 aromatic carbocycles. The maximum atomic E-state index is 8.73. The van der Waals surface area contributed by atoms with Crippen molar-refractivity contribution in [3.05, 3.63) is 18.5 Å². The fourth-order valence-electron chi connectivity index (χ4n) is 0.397. The van der Waals surface area contributed by atoms with E-state index < -0.39 is 0 Å². The standard InChI is InChI=1S/C5H6N2O.2ClH/c6-4-1-2-7-3-5(4)8;;/h1-3,8H,(H2,6,7);2*1H. The van der Waals surface area contributed by atoms with Crippen LogP contribution in [0.1, 0.15) is 0 Å². The van der Waals surface area contributed by atoms with E-state index >= 15 is 0 Å². The SMILES string of the molecule is Cl.Cl.Nc1ccncc1O. The molecule has 0 aliphatic heterocycles. The fourth-order valence-corrected chi connectivity index (χ4v) is 0.397.